The lowest BCUT2D eigenvalue weighted by Crippen LogP contribution is -2.53. The molecule has 2 fully saturated rings. The van der Waals surface area contributed by atoms with Crippen LogP contribution < -0.4 is 16.0 Å². The maximum Gasteiger partial charge on any atom is 0.255 e. The number of amides is 3. The average Bonchev–Trinajstić information content (AvgIpc) is 2.98. The summed E-state index contributed by atoms with van der Waals surface area (Å²) in [5.74, 6) is -0.795. The van der Waals surface area contributed by atoms with Crippen molar-refractivity contribution in [3.63, 3.8) is 0 Å². The van der Waals surface area contributed by atoms with Gasteiger partial charge in [0.25, 0.3) is 5.91 Å². The van der Waals surface area contributed by atoms with Gasteiger partial charge in [0.1, 0.15) is 6.04 Å². The molecular weight excluding hydrogens is 360 g/mol. The predicted molar refractivity (Wildman–Crippen MR) is 101 cm³/mol. The Morgan fingerprint density at radius 1 is 1.32 bits per heavy atom. The van der Waals surface area contributed by atoms with Crippen molar-refractivity contribution in [2.75, 3.05) is 26.2 Å². The third kappa shape index (κ3) is 3.80. The van der Waals surface area contributed by atoms with E-state index in [0.29, 0.717) is 25.1 Å². The van der Waals surface area contributed by atoms with Gasteiger partial charge in [-0.25, -0.2) is 0 Å². The number of rotatable bonds is 5. The number of imide groups is 1. The van der Waals surface area contributed by atoms with E-state index in [0.717, 1.165) is 37.4 Å². The molecule has 0 radical (unpaired) electrons. The molecule has 0 saturated carbocycles. The Kier molecular flexibility index (Phi) is 5.18. The minimum Gasteiger partial charge on any atom is -0.371 e. The lowest BCUT2D eigenvalue weighted by atomic mass is 10.0. The quantitative estimate of drug-likeness (QED) is 0.612. The van der Waals surface area contributed by atoms with Gasteiger partial charge in [-0.2, -0.15) is 0 Å². The van der Waals surface area contributed by atoms with Crippen LogP contribution in [0.15, 0.2) is 18.2 Å². The molecule has 0 aliphatic carbocycles. The fourth-order valence-electron chi connectivity index (χ4n) is 4.10. The zero-order chi connectivity index (χ0) is 19.7. The van der Waals surface area contributed by atoms with Gasteiger partial charge in [-0.1, -0.05) is 12.1 Å². The Morgan fingerprint density at radius 2 is 2.18 bits per heavy atom. The van der Waals surface area contributed by atoms with Crippen LogP contribution in [0.3, 0.4) is 0 Å². The fraction of sp³-hybridized carbons (Fsp3) is 0.550. The van der Waals surface area contributed by atoms with Crippen molar-refractivity contribution in [1.82, 2.24) is 20.9 Å². The number of hydrogen-bond acceptors (Lipinski definition) is 6. The van der Waals surface area contributed by atoms with Crippen LogP contribution in [0.4, 0.5) is 0 Å². The number of benzene rings is 1. The van der Waals surface area contributed by atoms with Gasteiger partial charge in [-0.3, -0.25) is 19.7 Å². The fourth-order valence-corrected chi connectivity index (χ4v) is 4.10. The normalized spacial score (nSPS) is 27.7. The highest BCUT2D eigenvalue weighted by molar-refractivity contribution is 6.05. The van der Waals surface area contributed by atoms with Crippen molar-refractivity contribution < 1.29 is 19.1 Å². The number of morpholine rings is 1. The summed E-state index contributed by atoms with van der Waals surface area (Å²) in [6.07, 6.45) is 0.646. The van der Waals surface area contributed by atoms with Gasteiger partial charge in [0.2, 0.25) is 11.8 Å². The van der Waals surface area contributed by atoms with E-state index in [1.54, 1.807) is 4.90 Å². The first kappa shape index (κ1) is 19.0. The smallest absolute Gasteiger partial charge is 0.255 e. The number of ether oxygens (including phenoxy) is 1. The maximum absolute atomic E-state index is 12.7. The summed E-state index contributed by atoms with van der Waals surface area (Å²) in [5.41, 5.74) is 2.44. The largest absolute Gasteiger partial charge is 0.371 e. The van der Waals surface area contributed by atoms with Crippen LogP contribution in [0.25, 0.3) is 0 Å². The lowest BCUT2D eigenvalue weighted by Gasteiger charge is -2.34. The van der Waals surface area contributed by atoms with Gasteiger partial charge in [-0.15, -0.1) is 0 Å². The standard InChI is InChI=1S/C20H26N4O4/c1-20(11-21-6-7-28-20)12-22-9-13-2-3-15-14(8-13)10-24(19(15)27)16-4-5-17(25)23-18(16)26/h2-3,8,16,21-22H,4-7,9-12H2,1H3,(H,23,25,26). The van der Waals surface area contributed by atoms with Gasteiger partial charge < -0.3 is 20.3 Å². The minimum atomic E-state index is -0.574. The van der Waals surface area contributed by atoms with Crippen molar-refractivity contribution in [1.29, 1.82) is 0 Å². The predicted octanol–water partition coefficient (Wildman–Crippen LogP) is -0.0843. The first-order chi connectivity index (χ1) is 13.5. The molecule has 0 aromatic heterocycles. The van der Waals surface area contributed by atoms with Crippen molar-refractivity contribution >= 4 is 17.7 Å². The molecular formula is C20H26N4O4. The molecule has 0 bridgehead atoms. The second-order valence-electron chi connectivity index (χ2n) is 7.97. The van der Waals surface area contributed by atoms with Crippen LogP contribution in [0.5, 0.6) is 0 Å². The van der Waals surface area contributed by atoms with Crippen molar-refractivity contribution in [2.24, 2.45) is 0 Å². The highest BCUT2D eigenvalue weighted by Crippen LogP contribution is 2.28. The van der Waals surface area contributed by atoms with Gasteiger partial charge in [0.15, 0.2) is 0 Å². The van der Waals surface area contributed by atoms with Gasteiger partial charge >= 0.3 is 0 Å². The van der Waals surface area contributed by atoms with Crippen molar-refractivity contribution in [3.05, 3.63) is 34.9 Å². The van der Waals surface area contributed by atoms with Gasteiger partial charge in [0.05, 0.1) is 12.2 Å². The lowest BCUT2D eigenvalue weighted by molar-refractivity contribution is -0.136. The van der Waals surface area contributed by atoms with Crippen molar-refractivity contribution in [2.45, 2.75) is 44.5 Å². The number of nitrogens with zero attached hydrogens (tertiary/aromatic N) is 1. The van der Waals surface area contributed by atoms with E-state index in [4.69, 9.17) is 4.74 Å². The van der Waals surface area contributed by atoms with Gasteiger partial charge in [0, 0.05) is 44.7 Å². The second kappa shape index (κ2) is 7.62. The van der Waals surface area contributed by atoms with E-state index < -0.39 is 6.04 Å². The maximum atomic E-state index is 12.7. The number of fused-ring (bicyclic) bond motifs is 1. The summed E-state index contributed by atoms with van der Waals surface area (Å²) in [6.45, 7) is 6.33. The third-order valence-electron chi connectivity index (χ3n) is 5.64. The number of carbonyl (C=O) groups is 3. The Bertz CT molecular complexity index is 803. The summed E-state index contributed by atoms with van der Waals surface area (Å²) in [7, 11) is 0. The molecule has 2 saturated heterocycles. The molecule has 3 N–H and O–H groups in total. The van der Waals surface area contributed by atoms with E-state index in [9.17, 15) is 14.4 Å². The van der Waals surface area contributed by atoms with Gasteiger partial charge in [-0.05, 0) is 30.5 Å². The van der Waals surface area contributed by atoms with E-state index in [2.05, 4.69) is 22.9 Å². The number of carbonyl (C=O) groups excluding carboxylic acids is 3. The molecule has 0 spiro atoms. The topological polar surface area (TPSA) is 99.8 Å². The molecule has 28 heavy (non-hydrogen) atoms. The van der Waals surface area contributed by atoms with Crippen LogP contribution >= 0.6 is 0 Å². The third-order valence-corrected chi connectivity index (χ3v) is 5.64. The van der Waals surface area contributed by atoms with Crippen LogP contribution in [0.2, 0.25) is 0 Å². The van der Waals surface area contributed by atoms with E-state index in [1.165, 1.54) is 0 Å². The summed E-state index contributed by atoms with van der Waals surface area (Å²) < 4.78 is 5.85. The summed E-state index contributed by atoms with van der Waals surface area (Å²) in [5, 5.41) is 9.11. The van der Waals surface area contributed by atoms with Crippen molar-refractivity contribution in [3.8, 4) is 0 Å². The average molecular weight is 386 g/mol. The molecule has 4 rings (SSSR count). The summed E-state index contributed by atoms with van der Waals surface area (Å²) in [4.78, 5) is 37.8. The van der Waals surface area contributed by atoms with Crippen LogP contribution in [0, 0.1) is 0 Å². The zero-order valence-corrected chi connectivity index (χ0v) is 16.0. The Hall–Kier alpha value is -2.29. The molecule has 8 nitrogen and oxygen atoms in total. The number of piperidine rings is 1. The molecule has 8 heteroatoms. The molecule has 3 aliphatic rings. The molecule has 3 amide bonds. The molecule has 1 aromatic carbocycles. The van der Waals surface area contributed by atoms with E-state index in [-0.39, 0.29) is 29.7 Å². The molecule has 3 heterocycles. The van der Waals surface area contributed by atoms with Crippen LogP contribution in [-0.2, 0) is 27.4 Å². The van der Waals surface area contributed by atoms with E-state index in [1.807, 2.05) is 18.2 Å². The second-order valence-corrected chi connectivity index (χ2v) is 7.97. The highest BCUT2D eigenvalue weighted by atomic mass is 16.5. The Morgan fingerprint density at radius 3 is 2.93 bits per heavy atom. The van der Waals surface area contributed by atoms with Crippen LogP contribution in [0.1, 0.15) is 41.3 Å². The number of nitrogens with one attached hydrogen (secondary N) is 3. The summed E-state index contributed by atoms with van der Waals surface area (Å²) >= 11 is 0. The molecule has 2 unspecified atom stereocenters. The first-order valence-corrected chi connectivity index (χ1v) is 9.77. The zero-order valence-electron chi connectivity index (χ0n) is 16.0. The Labute approximate surface area is 164 Å². The monoisotopic (exact) mass is 386 g/mol. The Balaban J connectivity index is 1.38. The number of hydrogen-bond donors (Lipinski definition) is 3. The first-order valence-electron chi connectivity index (χ1n) is 9.77. The molecule has 3 aliphatic heterocycles. The highest BCUT2D eigenvalue weighted by Gasteiger charge is 2.39. The van der Waals surface area contributed by atoms with E-state index >= 15 is 0 Å². The molecule has 1 aromatic rings. The molecule has 2 atom stereocenters. The summed E-state index contributed by atoms with van der Waals surface area (Å²) in [6, 6.07) is 5.23. The minimum absolute atomic E-state index is 0.141. The SMILES string of the molecule is CC1(CNCc2ccc3c(c2)CN(C2CCC(=O)NC2=O)C3=O)CNCCO1. The molecule has 150 valence electrons. The van der Waals surface area contributed by atoms with Crippen LogP contribution in [-0.4, -0.2) is 60.5 Å².